The Bertz CT molecular complexity index is 999. The van der Waals surface area contributed by atoms with Crippen molar-refractivity contribution >= 4 is 17.2 Å². The molecule has 1 N–H and O–H groups in total. The van der Waals surface area contributed by atoms with Gasteiger partial charge in [0, 0.05) is 23.2 Å². The lowest BCUT2D eigenvalue weighted by Gasteiger charge is -2.17. The number of hydrogen-bond acceptors (Lipinski definition) is 6. The molecular formula is C17H15F3N4O3. The van der Waals surface area contributed by atoms with Crippen LogP contribution < -0.4 is 4.74 Å². The zero-order chi connectivity index (χ0) is 19.8. The first-order valence-corrected chi connectivity index (χ1v) is 7.83. The fourth-order valence-electron chi connectivity index (χ4n) is 2.59. The number of alkyl halides is 2. The van der Waals surface area contributed by atoms with Gasteiger partial charge in [0.2, 0.25) is 5.88 Å². The maximum Gasteiger partial charge on any atom is 0.388 e. The van der Waals surface area contributed by atoms with Gasteiger partial charge < -0.3 is 9.84 Å². The molecule has 3 aromatic heterocycles. The van der Waals surface area contributed by atoms with E-state index in [4.69, 9.17) is 0 Å². The third kappa shape index (κ3) is 4.05. The van der Waals surface area contributed by atoms with E-state index in [1.807, 2.05) is 0 Å². The van der Waals surface area contributed by atoms with Gasteiger partial charge in [-0.1, -0.05) is 0 Å². The summed E-state index contributed by atoms with van der Waals surface area (Å²) in [6, 6.07) is 2.45. The molecule has 0 aliphatic carbocycles. The minimum Gasteiger partial charge on any atom is -0.417 e. The summed E-state index contributed by atoms with van der Waals surface area (Å²) in [4.78, 5) is 18.4. The van der Waals surface area contributed by atoms with Crippen molar-refractivity contribution in [1.82, 2.24) is 19.7 Å². The highest BCUT2D eigenvalue weighted by Gasteiger charge is 2.22. The van der Waals surface area contributed by atoms with E-state index in [0.717, 1.165) is 12.3 Å². The lowest BCUT2D eigenvalue weighted by atomic mass is 10.1. The summed E-state index contributed by atoms with van der Waals surface area (Å²) in [5.41, 5.74) is -0.625. The highest BCUT2D eigenvalue weighted by atomic mass is 19.3. The molecule has 0 fully saturated rings. The molecule has 3 rings (SSSR count). The van der Waals surface area contributed by atoms with Gasteiger partial charge >= 0.3 is 6.61 Å². The Hall–Kier alpha value is -3.01. The molecule has 0 spiro atoms. The quantitative estimate of drug-likeness (QED) is 0.662. The predicted octanol–water partition coefficient (Wildman–Crippen LogP) is 2.82. The summed E-state index contributed by atoms with van der Waals surface area (Å²) in [6.07, 6.45) is 2.62. The van der Waals surface area contributed by atoms with Crippen molar-refractivity contribution in [2.24, 2.45) is 0 Å². The Balaban J connectivity index is 2.21. The average Bonchev–Trinajstić information content (AvgIpc) is 2.92. The van der Waals surface area contributed by atoms with Crippen LogP contribution in [0.5, 0.6) is 5.88 Å². The number of fused-ring (bicyclic) bond motifs is 1. The monoisotopic (exact) mass is 380 g/mol. The molecule has 0 atom stereocenters. The fourth-order valence-corrected chi connectivity index (χ4v) is 2.59. The topological polar surface area (TPSA) is 90.1 Å². The van der Waals surface area contributed by atoms with E-state index in [9.17, 15) is 23.1 Å². The molecule has 142 valence electrons. The van der Waals surface area contributed by atoms with E-state index in [1.165, 1.54) is 16.9 Å². The first-order valence-electron chi connectivity index (χ1n) is 7.83. The van der Waals surface area contributed by atoms with E-state index >= 15 is 0 Å². The molecule has 0 saturated heterocycles. The normalized spacial score (nSPS) is 12.0. The fraction of sp³-hybridized carbons (Fsp3) is 0.294. The van der Waals surface area contributed by atoms with E-state index in [1.54, 1.807) is 13.8 Å². The number of ether oxygens (including phenoxy) is 1. The number of aromatic nitrogens is 4. The number of aldehydes is 1. The molecule has 3 aromatic rings. The molecule has 0 saturated carbocycles. The Morgan fingerprint density at radius 2 is 2.04 bits per heavy atom. The highest BCUT2D eigenvalue weighted by molar-refractivity contribution is 5.95. The van der Waals surface area contributed by atoms with Gasteiger partial charge in [0.1, 0.15) is 11.4 Å². The second-order valence-electron chi connectivity index (χ2n) is 6.44. The number of halogens is 3. The maximum absolute atomic E-state index is 14.3. The maximum atomic E-state index is 14.3. The van der Waals surface area contributed by atoms with Gasteiger partial charge in [0.05, 0.1) is 23.9 Å². The molecular weight excluding hydrogens is 365 g/mol. The minimum atomic E-state index is -3.11. The molecule has 7 nitrogen and oxygen atoms in total. The number of pyridine rings is 2. The molecule has 0 radical (unpaired) electrons. The third-order valence-corrected chi connectivity index (χ3v) is 3.61. The van der Waals surface area contributed by atoms with Crippen LogP contribution in [-0.4, -0.2) is 43.4 Å². The third-order valence-electron chi connectivity index (χ3n) is 3.61. The Labute approximate surface area is 151 Å². The summed E-state index contributed by atoms with van der Waals surface area (Å²) in [5.74, 6) is -1.27. The van der Waals surface area contributed by atoms with Gasteiger partial charge in [0.15, 0.2) is 12.1 Å². The number of carbonyl (C=O) groups is 1. The van der Waals surface area contributed by atoms with Gasteiger partial charge in [-0.2, -0.15) is 13.9 Å². The molecule has 10 heteroatoms. The number of hydrogen-bond donors (Lipinski definition) is 1. The number of aliphatic hydroxyl groups is 1. The van der Waals surface area contributed by atoms with Crippen LogP contribution in [0.4, 0.5) is 13.2 Å². The van der Waals surface area contributed by atoms with Crippen LogP contribution in [0, 0.1) is 5.82 Å². The van der Waals surface area contributed by atoms with Crippen molar-refractivity contribution in [2.45, 2.75) is 32.6 Å². The van der Waals surface area contributed by atoms with E-state index in [0.29, 0.717) is 17.2 Å². The highest BCUT2D eigenvalue weighted by Crippen LogP contribution is 2.32. The van der Waals surface area contributed by atoms with Crippen LogP contribution in [0.3, 0.4) is 0 Å². The lowest BCUT2D eigenvalue weighted by molar-refractivity contribution is -0.0528. The van der Waals surface area contributed by atoms with Crippen molar-refractivity contribution in [3.63, 3.8) is 0 Å². The van der Waals surface area contributed by atoms with Crippen LogP contribution in [0.25, 0.3) is 22.2 Å². The lowest BCUT2D eigenvalue weighted by Crippen LogP contribution is -2.26. The number of rotatable bonds is 6. The van der Waals surface area contributed by atoms with Crippen molar-refractivity contribution < 1.29 is 27.8 Å². The summed E-state index contributed by atoms with van der Waals surface area (Å²) < 4.78 is 44.8. The molecule has 0 amide bonds. The Morgan fingerprint density at radius 3 is 2.67 bits per heavy atom. The molecule has 0 unspecified atom stereocenters. The van der Waals surface area contributed by atoms with Crippen LogP contribution in [0.1, 0.15) is 24.3 Å². The average molecular weight is 380 g/mol. The number of nitrogens with zero attached hydrogens (tertiary/aromatic N) is 4. The standard InChI is InChI=1S/C17H15F3N4O3/c1-17(2,26)8-24-13-3-9(7-25)21-5-11(13)15(23-24)10-4-14(27-16(19)20)22-6-12(10)18/h3-7,16,26H,8H2,1-2H3. The minimum absolute atomic E-state index is 0.0406. The molecule has 27 heavy (non-hydrogen) atoms. The molecule has 0 aliphatic rings. The SMILES string of the molecule is CC(C)(O)Cn1nc(-c2cc(OC(F)F)ncc2F)c2cnc(C=O)cc21. The van der Waals surface area contributed by atoms with Crippen molar-refractivity contribution in [2.75, 3.05) is 0 Å². The van der Waals surface area contributed by atoms with Crippen LogP contribution in [0.15, 0.2) is 24.5 Å². The zero-order valence-electron chi connectivity index (χ0n) is 14.4. The van der Waals surface area contributed by atoms with Gasteiger partial charge in [-0.25, -0.2) is 9.37 Å². The van der Waals surface area contributed by atoms with E-state index in [2.05, 4.69) is 19.8 Å². The van der Waals surface area contributed by atoms with Crippen LogP contribution >= 0.6 is 0 Å². The number of carbonyl (C=O) groups excluding carboxylic acids is 1. The smallest absolute Gasteiger partial charge is 0.388 e. The van der Waals surface area contributed by atoms with E-state index < -0.39 is 23.9 Å². The van der Waals surface area contributed by atoms with Gasteiger partial charge in [-0.15, -0.1) is 0 Å². The Morgan fingerprint density at radius 1 is 1.30 bits per heavy atom. The summed E-state index contributed by atoms with van der Waals surface area (Å²) in [5, 5.41) is 14.8. The van der Waals surface area contributed by atoms with Crippen LogP contribution in [-0.2, 0) is 6.54 Å². The second kappa shape index (κ2) is 6.95. The first kappa shape index (κ1) is 18.8. The van der Waals surface area contributed by atoms with Crippen molar-refractivity contribution in [1.29, 1.82) is 0 Å². The summed E-state index contributed by atoms with van der Waals surface area (Å²) in [7, 11) is 0. The van der Waals surface area contributed by atoms with Crippen molar-refractivity contribution in [3.8, 4) is 17.1 Å². The van der Waals surface area contributed by atoms with E-state index in [-0.39, 0.29) is 23.5 Å². The summed E-state index contributed by atoms with van der Waals surface area (Å²) in [6.45, 7) is 0.0451. The van der Waals surface area contributed by atoms with Gasteiger partial charge in [0.25, 0.3) is 0 Å². The van der Waals surface area contributed by atoms with Crippen molar-refractivity contribution in [3.05, 3.63) is 36.0 Å². The predicted molar refractivity (Wildman–Crippen MR) is 89.0 cm³/mol. The molecule has 0 aromatic carbocycles. The largest absolute Gasteiger partial charge is 0.417 e. The first-order chi connectivity index (χ1) is 12.7. The summed E-state index contributed by atoms with van der Waals surface area (Å²) >= 11 is 0. The van der Waals surface area contributed by atoms with Gasteiger partial charge in [-0.05, 0) is 19.9 Å². The zero-order valence-corrected chi connectivity index (χ0v) is 14.4. The van der Waals surface area contributed by atoms with Crippen LogP contribution in [0.2, 0.25) is 0 Å². The molecule has 0 aliphatic heterocycles. The van der Waals surface area contributed by atoms with Gasteiger partial charge in [-0.3, -0.25) is 14.5 Å². The molecule has 0 bridgehead atoms. The second-order valence-corrected chi connectivity index (χ2v) is 6.44. The Kier molecular flexibility index (Phi) is 4.83. The molecule has 3 heterocycles.